The van der Waals surface area contributed by atoms with Gasteiger partial charge in [0.2, 0.25) is 5.76 Å². The minimum Gasteiger partial charge on any atom is -0.475 e. The maximum Gasteiger partial charge on any atom is 0.371 e. The van der Waals surface area contributed by atoms with Crippen LogP contribution >= 0.6 is 0 Å². The van der Waals surface area contributed by atoms with Crippen LogP contribution in [0.25, 0.3) is 0 Å². The van der Waals surface area contributed by atoms with Gasteiger partial charge in [0, 0.05) is 18.8 Å². The van der Waals surface area contributed by atoms with Gasteiger partial charge in [0.1, 0.15) is 5.76 Å². The van der Waals surface area contributed by atoms with E-state index < -0.39 is 5.97 Å². The quantitative estimate of drug-likeness (QED) is 0.857. The lowest BCUT2D eigenvalue weighted by Gasteiger charge is -2.07. The van der Waals surface area contributed by atoms with Crippen LogP contribution in [0, 0.1) is 0 Å². The molecular formula is C13H14N2O4. The van der Waals surface area contributed by atoms with Gasteiger partial charge >= 0.3 is 5.97 Å². The zero-order chi connectivity index (χ0) is 13.8. The summed E-state index contributed by atoms with van der Waals surface area (Å²) in [5, 5.41) is 11.8. The molecule has 0 bridgehead atoms. The number of carboxylic acids is 1. The van der Waals surface area contributed by atoms with Crippen LogP contribution < -0.4 is 10.9 Å². The molecule has 0 radical (unpaired) electrons. The summed E-state index contributed by atoms with van der Waals surface area (Å²) in [5.41, 5.74) is 0.717. The van der Waals surface area contributed by atoms with E-state index in [1.54, 1.807) is 22.9 Å². The fourth-order valence-electron chi connectivity index (χ4n) is 1.66. The van der Waals surface area contributed by atoms with Crippen LogP contribution in [0.3, 0.4) is 0 Å². The van der Waals surface area contributed by atoms with Crippen molar-refractivity contribution in [3.63, 3.8) is 0 Å². The van der Waals surface area contributed by atoms with Crippen LogP contribution in [0.1, 0.15) is 23.2 Å². The molecule has 0 atom stereocenters. The Bertz CT molecular complexity index is 642. The fourth-order valence-corrected chi connectivity index (χ4v) is 1.66. The van der Waals surface area contributed by atoms with Crippen molar-refractivity contribution < 1.29 is 14.3 Å². The first-order chi connectivity index (χ1) is 9.10. The number of aromatic nitrogens is 1. The number of nitrogens with one attached hydrogen (secondary N) is 1. The Kier molecular flexibility index (Phi) is 3.70. The molecule has 2 heterocycles. The number of rotatable bonds is 5. The first kappa shape index (κ1) is 12.9. The lowest BCUT2D eigenvalue weighted by Crippen LogP contribution is -2.17. The number of aromatic carboxylic acids is 1. The monoisotopic (exact) mass is 262 g/mol. The lowest BCUT2D eigenvalue weighted by atomic mass is 10.3. The maximum atomic E-state index is 11.4. The van der Waals surface area contributed by atoms with E-state index in [4.69, 9.17) is 9.52 Å². The smallest absolute Gasteiger partial charge is 0.371 e. The molecule has 100 valence electrons. The molecule has 0 aromatic carbocycles. The summed E-state index contributed by atoms with van der Waals surface area (Å²) in [5.74, 6) is -0.659. The van der Waals surface area contributed by atoms with Crippen molar-refractivity contribution in [3.05, 3.63) is 52.3 Å². The third kappa shape index (κ3) is 3.04. The van der Waals surface area contributed by atoms with Crippen LogP contribution in [0.5, 0.6) is 0 Å². The Morgan fingerprint density at radius 1 is 1.37 bits per heavy atom. The van der Waals surface area contributed by atoms with Gasteiger partial charge in [-0.05, 0) is 25.1 Å². The van der Waals surface area contributed by atoms with Crippen LogP contribution in [0.2, 0.25) is 0 Å². The van der Waals surface area contributed by atoms with Crippen LogP contribution in [0.4, 0.5) is 5.69 Å². The van der Waals surface area contributed by atoms with E-state index >= 15 is 0 Å². The lowest BCUT2D eigenvalue weighted by molar-refractivity contribution is 0.0660. The summed E-state index contributed by atoms with van der Waals surface area (Å²) >= 11 is 0. The normalized spacial score (nSPS) is 10.4. The van der Waals surface area contributed by atoms with Crippen LogP contribution in [-0.2, 0) is 13.1 Å². The second kappa shape index (κ2) is 5.43. The highest BCUT2D eigenvalue weighted by molar-refractivity contribution is 5.84. The van der Waals surface area contributed by atoms with Crippen molar-refractivity contribution in [1.82, 2.24) is 4.57 Å². The fraction of sp³-hybridized carbons (Fsp3) is 0.231. The van der Waals surface area contributed by atoms with Gasteiger partial charge in [-0.3, -0.25) is 4.79 Å². The Morgan fingerprint density at radius 3 is 2.79 bits per heavy atom. The van der Waals surface area contributed by atoms with E-state index in [9.17, 15) is 9.59 Å². The number of nitrogens with zero attached hydrogens (tertiary/aromatic N) is 1. The van der Waals surface area contributed by atoms with E-state index in [1.165, 1.54) is 12.1 Å². The molecule has 0 spiro atoms. The van der Waals surface area contributed by atoms with Crippen molar-refractivity contribution in [2.45, 2.75) is 20.0 Å². The highest BCUT2D eigenvalue weighted by atomic mass is 16.4. The second-order valence-electron chi connectivity index (χ2n) is 3.97. The van der Waals surface area contributed by atoms with Crippen molar-refractivity contribution in [3.8, 4) is 0 Å². The van der Waals surface area contributed by atoms with E-state index in [0.717, 1.165) is 5.69 Å². The molecule has 2 rings (SSSR count). The largest absolute Gasteiger partial charge is 0.475 e. The number of hydrogen-bond donors (Lipinski definition) is 2. The van der Waals surface area contributed by atoms with Crippen molar-refractivity contribution in [2.75, 3.05) is 5.32 Å². The van der Waals surface area contributed by atoms with Gasteiger partial charge in [0.25, 0.3) is 5.56 Å². The summed E-state index contributed by atoms with van der Waals surface area (Å²) in [7, 11) is 0. The first-order valence-corrected chi connectivity index (χ1v) is 5.86. The molecule has 0 fully saturated rings. The third-order valence-corrected chi connectivity index (χ3v) is 2.66. The molecule has 6 nitrogen and oxygen atoms in total. The molecule has 6 heteroatoms. The van der Waals surface area contributed by atoms with Gasteiger partial charge in [-0.2, -0.15) is 0 Å². The maximum absolute atomic E-state index is 11.4. The zero-order valence-electron chi connectivity index (χ0n) is 10.4. The van der Waals surface area contributed by atoms with Crippen LogP contribution in [-0.4, -0.2) is 15.6 Å². The molecule has 0 unspecified atom stereocenters. The first-order valence-electron chi connectivity index (χ1n) is 5.86. The minimum absolute atomic E-state index is 0.0563. The summed E-state index contributed by atoms with van der Waals surface area (Å²) in [6.45, 7) is 2.84. The van der Waals surface area contributed by atoms with Gasteiger partial charge in [0.15, 0.2) is 0 Å². The summed E-state index contributed by atoms with van der Waals surface area (Å²) in [6.07, 6.45) is 1.71. The molecule has 19 heavy (non-hydrogen) atoms. The molecule has 0 amide bonds. The van der Waals surface area contributed by atoms with Crippen molar-refractivity contribution in [1.29, 1.82) is 0 Å². The molecule has 0 aliphatic rings. The van der Waals surface area contributed by atoms with Gasteiger partial charge in [-0.25, -0.2) is 4.79 Å². The topological polar surface area (TPSA) is 84.5 Å². The SMILES string of the molecule is CCn1cc(NCc2ccc(C(=O)O)o2)ccc1=O. The van der Waals surface area contributed by atoms with Crippen molar-refractivity contribution in [2.24, 2.45) is 0 Å². The summed E-state index contributed by atoms with van der Waals surface area (Å²) in [6, 6.07) is 6.17. The van der Waals surface area contributed by atoms with E-state index in [-0.39, 0.29) is 11.3 Å². The molecule has 0 saturated carbocycles. The molecule has 0 aliphatic carbocycles. The Labute approximate surface area is 109 Å². The number of aryl methyl sites for hydroxylation is 1. The Hall–Kier alpha value is -2.50. The standard InChI is InChI=1S/C13H14N2O4/c1-2-15-8-9(3-6-12(15)16)14-7-10-4-5-11(19-10)13(17)18/h3-6,8,14H,2,7H2,1H3,(H,17,18). The van der Waals surface area contributed by atoms with Gasteiger partial charge < -0.3 is 19.4 Å². The van der Waals surface area contributed by atoms with Crippen molar-refractivity contribution >= 4 is 11.7 Å². The Balaban J connectivity index is 2.05. The predicted molar refractivity (Wildman–Crippen MR) is 69.4 cm³/mol. The number of carbonyl (C=O) groups is 1. The molecule has 2 N–H and O–H groups in total. The average molecular weight is 262 g/mol. The molecular weight excluding hydrogens is 248 g/mol. The van der Waals surface area contributed by atoms with Gasteiger partial charge in [-0.1, -0.05) is 0 Å². The molecule has 0 aliphatic heterocycles. The summed E-state index contributed by atoms with van der Waals surface area (Å²) in [4.78, 5) is 22.1. The highest BCUT2D eigenvalue weighted by Gasteiger charge is 2.08. The summed E-state index contributed by atoms with van der Waals surface area (Å²) < 4.78 is 6.69. The Morgan fingerprint density at radius 2 is 2.16 bits per heavy atom. The molecule has 0 saturated heterocycles. The van der Waals surface area contributed by atoms with E-state index in [2.05, 4.69) is 5.32 Å². The van der Waals surface area contributed by atoms with E-state index in [0.29, 0.717) is 18.8 Å². The number of anilines is 1. The number of carboxylic acid groups (broad SMARTS) is 1. The number of hydrogen-bond acceptors (Lipinski definition) is 4. The zero-order valence-corrected chi connectivity index (χ0v) is 10.4. The third-order valence-electron chi connectivity index (χ3n) is 2.66. The number of pyridine rings is 1. The molecule has 2 aromatic heterocycles. The minimum atomic E-state index is -1.09. The van der Waals surface area contributed by atoms with Gasteiger partial charge in [-0.15, -0.1) is 0 Å². The highest BCUT2D eigenvalue weighted by Crippen LogP contribution is 2.11. The van der Waals surface area contributed by atoms with E-state index in [1.807, 2.05) is 6.92 Å². The molecule has 2 aromatic rings. The van der Waals surface area contributed by atoms with Gasteiger partial charge in [0.05, 0.1) is 12.2 Å². The average Bonchev–Trinajstić information content (AvgIpc) is 2.87. The number of furan rings is 1. The second-order valence-corrected chi connectivity index (χ2v) is 3.97. The van der Waals surface area contributed by atoms with Crippen LogP contribution in [0.15, 0.2) is 39.7 Å². The predicted octanol–water partition coefficient (Wildman–Crippen LogP) is 1.77.